The highest BCUT2D eigenvalue weighted by Crippen LogP contribution is 2.13. The molecule has 0 unspecified atom stereocenters. The number of nitrogens with one attached hydrogen (secondary N) is 1. The molecule has 0 saturated carbocycles. The van der Waals surface area contributed by atoms with E-state index in [2.05, 4.69) is 50.0 Å². The highest BCUT2D eigenvalue weighted by molar-refractivity contribution is 7.32. The van der Waals surface area contributed by atoms with Crippen molar-refractivity contribution < 1.29 is 0 Å². The van der Waals surface area contributed by atoms with Crippen LogP contribution in [0.5, 0.6) is 0 Å². The normalized spacial score (nSPS) is 12.4. The van der Waals surface area contributed by atoms with Crippen LogP contribution in [0.25, 0.3) is 0 Å². The Hall–Kier alpha value is -1.09. The van der Waals surface area contributed by atoms with E-state index < -0.39 is 7.55 Å². The third-order valence-electron chi connectivity index (χ3n) is 2.89. The van der Waals surface area contributed by atoms with E-state index >= 15 is 0 Å². The van der Waals surface area contributed by atoms with Gasteiger partial charge in [-0.25, -0.2) is 0 Å². The van der Waals surface area contributed by atoms with Crippen LogP contribution in [0, 0.1) is 0 Å². The van der Waals surface area contributed by atoms with Gasteiger partial charge in [-0.05, 0) is 31.1 Å². The molecule has 2 aromatic carbocycles. The maximum Gasteiger partial charge on any atom is 0.289 e. The van der Waals surface area contributed by atoms with Gasteiger partial charge < -0.3 is 4.98 Å². The monoisotopic (exact) mass is 289 g/mol. The number of benzene rings is 2. The van der Waals surface area contributed by atoms with Crippen molar-refractivity contribution in [3.05, 3.63) is 60.7 Å². The molecule has 100 valence electrons. The molecule has 0 amide bonds. The lowest BCUT2D eigenvalue weighted by Crippen LogP contribution is -2.69. The van der Waals surface area contributed by atoms with E-state index in [-0.39, 0.29) is 5.54 Å². The SMILES string of the molecule is CC(C)(C)N[Si](Cl)(c1ccccc1)c1ccccc1. The molecule has 0 bridgehead atoms. The average Bonchev–Trinajstić information content (AvgIpc) is 2.39. The Balaban J connectivity index is 2.51. The topological polar surface area (TPSA) is 12.0 Å². The van der Waals surface area contributed by atoms with Crippen LogP contribution in [0.2, 0.25) is 0 Å². The molecule has 0 spiro atoms. The third kappa shape index (κ3) is 3.47. The van der Waals surface area contributed by atoms with E-state index in [1.54, 1.807) is 0 Å². The lowest BCUT2D eigenvalue weighted by atomic mass is 10.1. The molecule has 0 aromatic heterocycles. The van der Waals surface area contributed by atoms with E-state index in [1.807, 2.05) is 36.4 Å². The van der Waals surface area contributed by atoms with Crippen LogP contribution in [-0.4, -0.2) is 13.1 Å². The summed E-state index contributed by atoms with van der Waals surface area (Å²) in [5, 5.41) is 2.38. The molecule has 0 atom stereocenters. The fourth-order valence-electron chi connectivity index (χ4n) is 2.16. The predicted octanol–water partition coefficient (Wildman–Crippen LogP) is 2.87. The summed E-state index contributed by atoms with van der Waals surface area (Å²) in [6, 6.07) is 20.7. The maximum atomic E-state index is 7.10. The van der Waals surface area contributed by atoms with Crippen molar-refractivity contribution in [3.8, 4) is 0 Å². The number of halogens is 1. The third-order valence-corrected chi connectivity index (χ3v) is 7.84. The quantitative estimate of drug-likeness (QED) is 0.677. The maximum absolute atomic E-state index is 7.10. The Morgan fingerprint density at radius 3 is 1.47 bits per heavy atom. The standard InChI is InChI=1S/C16H20ClNSi/c1-16(2,3)18-19(17,14-10-6-4-7-11-14)15-12-8-5-9-13-15/h4-13,18H,1-3H3. The van der Waals surface area contributed by atoms with E-state index in [0.29, 0.717) is 0 Å². The second-order valence-electron chi connectivity index (χ2n) is 5.77. The minimum absolute atomic E-state index is 0.0281. The fourth-order valence-corrected chi connectivity index (χ4v) is 6.73. The molecule has 0 radical (unpaired) electrons. The summed E-state index contributed by atoms with van der Waals surface area (Å²) in [5.74, 6) is 0. The van der Waals surface area contributed by atoms with Crippen molar-refractivity contribution >= 4 is 29.0 Å². The average molecular weight is 290 g/mol. The molecule has 0 aliphatic rings. The molecule has 1 nitrogen and oxygen atoms in total. The van der Waals surface area contributed by atoms with E-state index in [1.165, 1.54) is 10.4 Å². The van der Waals surface area contributed by atoms with Gasteiger partial charge in [-0.15, -0.1) is 11.1 Å². The van der Waals surface area contributed by atoms with Gasteiger partial charge in [-0.2, -0.15) is 0 Å². The highest BCUT2D eigenvalue weighted by Gasteiger charge is 2.38. The molecule has 0 fully saturated rings. The summed E-state index contributed by atoms with van der Waals surface area (Å²) in [4.78, 5) is 3.67. The molecule has 0 heterocycles. The molecule has 1 N–H and O–H groups in total. The van der Waals surface area contributed by atoms with Gasteiger partial charge >= 0.3 is 0 Å². The Bertz CT molecular complexity index is 480. The van der Waals surface area contributed by atoms with Gasteiger partial charge in [-0.1, -0.05) is 60.7 Å². The summed E-state index contributed by atoms with van der Waals surface area (Å²) in [6.07, 6.45) is 0. The van der Waals surface area contributed by atoms with Crippen molar-refractivity contribution in [2.75, 3.05) is 0 Å². The molecule has 0 aliphatic carbocycles. The smallest absolute Gasteiger partial charge is 0.289 e. The van der Waals surface area contributed by atoms with E-state index in [9.17, 15) is 0 Å². The van der Waals surface area contributed by atoms with Crippen molar-refractivity contribution in [2.24, 2.45) is 0 Å². The van der Waals surface area contributed by atoms with Crippen LogP contribution in [0.3, 0.4) is 0 Å². The zero-order valence-electron chi connectivity index (χ0n) is 11.7. The van der Waals surface area contributed by atoms with Gasteiger partial charge in [0.25, 0.3) is 7.55 Å². The summed E-state index contributed by atoms with van der Waals surface area (Å²) >= 11 is 7.10. The zero-order chi connectivity index (χ0) is 13.9. The highest BCUT2D eigenvalue weighted by atomic mass is 35.6. The molecular formula is C16H20ClNSi. The summed E-state index contributed by atoms with van der Waals surface area (Å²) in [6.45, 7) is 6.47. The molecule has 0 saturated heterocycles. The number of hydrogen-bond donors (Lipinski definition) is 1. The Morgan fingerprint density at radius 2 is 1.16 bits per heavy atom. The minimum atomic E-state index is -2.41. The molecular weight excluding hydrogens is 270 g/mol. The van der Waals surface area contributed by atoms with E-state index in [4.69, 9.17) is 11.1 Å². The van der Waals surface area contributed by atoms with Crippen LogP contribution in [0.1, 0.15) is 20.8 Å². The van der Waals surface area contributed by atoms with Gasteiger partial charge in [0, 0.05) is 5.54 Å². The van der Waals surface area contributed by atoms with Crippen molar-refractivity contribution in [2.45, 2.75) is 26.3 Å². The van der Waals surface area contributed by atoms with Gasteiger partial charge in [0.2, 0.25) is 0 Å². The van der Waals surface area contributed by atoms with Crippen LogP contribution in [-0.2, 0) is 0 Å². The summed E-state index contributed by atoms with van der Waals surface area (Å²) < 4.78 is 0. The summed E-state index contributed by atoms with van der Waals surface area (Å²) in [5.41, 5.74) is -0.0281. The number of hydrogen-bond acceptors (Lipinski definition) is 1. The van der Waals surface area contributed by atoms with Gasteiger partial charge in [0.1, 0.15) is 0 Å². The molecule has 0 aliphatic heterocycles. The lowest BCUT2D eigenvalue weighted by Gasteiger charge is -2.34. The number of rotatable bonds is 3. The van der Waals surface area contributed by atoms with Crippen LogP contribution >= 0.6 is 11.1 Å². The van der Waals surface area contributed by atoms with Gasteiger partial charge in [0.15, 0.2) is 0 Å². The molecule has 19 heavy (non-hydrogen) atoms. The Kier molecular flexibility index (Phi) is 4.14. The van der Waals surface area contributed by atoms with Crippen LogP contribution in [0.15, 0.2) is 60.7 Å². The zero-order valence-corrected chi connectivity index (χ0v) is 13.4. The Labute approximate surface area is 121 Å². The van der Waals surface area contributed by atoms with Crippen LogP contribution < -0.4 is 15.4 Å². The first-order valence-electron chi connectivity index (χ1n) is 6.51. The second kappa shape index (κ2) is 5.49. The Morgan fingerprint density at radius 1 is 0.789 bits per heavy atom. The first-order valence-corrected chi connectivity index (χ1v) is 9.52. The second-order valence-corrected chi connectivity index (χ2v) is 10.2. The first-order chi connectivity index (χ1) is 8.92. The molecule has 2 rings (SSSR count). The fraction of sp³-hybridized carbons (Fsp3) is 0.250. The minimum Gasteiger partial charge on any atom is -0.314 e. The van der Waals surface area contributed by atoms with Crippen molar-refractivity contribution in [1.29, 1.82) is 0 Å². The molecule has 3 heteroatoms. The summed E-state index contributed by atoms with van der Waals surface area (Å²) in [7, 11) is -2.41. The van der Waals surface area contributed by atoms with Gasteiger partial charge in [0.05, 0.1) is 0 Å². The van der Waals surface area contributed by atoms with E-state index in [0.717, 1.165) is 0 Å². The lowest BCUT2D eigenvalue weighted by molar-refractivity contribution is 0.520. The van der Waals surface area contributed by atoms with Crippen LogP contribution in [0.4, 0.5) is 0 Å². The van der Waals surface area contributed by atoms with Crippen molar-refractivity contribution in [3.63, 3.8) is 0 Å². The van der Waals surface area contributed by atoms with Crippen molar-refractivity contribution in [1.82, 2.24) is 4.98 Å². The largest absolute Gasteiger partial charge is 0.314 e. The van der Waals surface area contributed by atoms with Gasteiger partial charge in [-0.3, -0.25) is 0 Å². The molecule has 2 aromatic rings. The predicted molar refractivity (Wildman–Crippen MR) is 86.6 cm³/mol. The first kappa shape index (κ1) is 14.3.